The summed E-state index contributed by atoms with van der Waals surface area (Å²) < 4.78 is 0. The van der Waals surface area contributed by atoms with Gasteiger partial charge in [0, 0.05) is 10.8 Å². The third kappa shape index (κ3) is 3.94. The van der Waals surface area contributed by atoms with Gasteiger partial charge in [0.05, 0.1) is 6.10 Å². The fourth-order valence-corrected chi connectivity index (χ4v) is 3.51. The Morgan fingerprint density at radius 3 is 2.45 bits per heavy atom. The van der Waals surface area contributed by atoms with Gasteiger partial charge in [0.15, 0.2) is 0 Å². The Hall–Kier alpha value is -1.12. The van der Waals surface area contributed by atoms with Gasteiger partial charge in [0.2, 0.25) is 0 Å². The molecule has 1 nitrogen and oxygen atoms in total. The normalized spacial score (nSPS) is 15.8. The van der Waals surface area contributed by atoms with Gasteiger partial charge in [0.25, 0.3) is 0 Å². The van der Waals surface area contributed by atoms with Gasteiger partial charge in [-0.15, -0.1) is 11.3 Å². The average Bonchev–Trinajstić information content (AvgIpc) is 2.99. The van der Waals surface area contributed by atoms with Crippen molar-refractivity contribution in [2.24, 2.45) is 5.92 Å². The molecule has 0 spiro atoms. The molecule has 1 aromatic heterocycles. The Labute approximate surface area is 126 Å². The van der Waals surface area contributed by atoms with Gasteiger partial charge >= 0.3 is 0 Å². The fraction of sp³-hybridized carbons (Fsp3) is 0.444. The Morgan fingerprint density at radius 1 is 1.10 bits per heavy atom. The second-order valence-electron chi connectivity index (χ2n) is 5.51. The molecule has 0 aliphatic heterocycles. The van der Waals surface area contributed by atoms with Crippen LogP contribution in [0.25, 0.3) is 0 Å². The molecule has 0 aliphatic carbocycles. The highest BCUT2D eigenvalue weighted by Gasteiger charge is 2.25. The summed E-state index contributed by atoms with van der Waals surface area (Å²) in [6.45, 7) is 4.44. The van der Waals surface area contributed by atoms with E-state index in [9.17, 15) is 5.11 Å². The molecule has 0 saturated heterocycles. The summed E-state index contributed by atoms with van der Waals surface area (Å²) in [7, 11) is 0. The van der Waals surface area contributed by atoms with Crippen LogP contribution >= 0.6 is 11.3 Å². The van der Waals surface area contributed by atoms with E-state index < -0.39 is 0 Å². The molecule has 1 N–H and O–H groups in total. The molecule has 3 unspecified atom stereocenters. The van der Waals surface area contributed by atoms with Crippen molar-refractivity contribution in [2.75, 3.05) is 0 Å². The number of hydrogen-bond donors (Lipinski definition) is 1. The zero-order chi connectivity index (χ0) is 14.4. The van der Waals surface area contributed by atoms with Crippen LogP contribution in [0.2, 0.25) is 0 Å². The molecule has 0 amide bonds. The van der Waals surface area contributed by atoms with Crippen LogP contribution < -0.4 is 0 Å². The number of rotatable bonds is 7. The first-order valence-corrected chi connectivity index (χ1v) is 8.35. The topological polar surface area (TPSA) is 20.2 Å². The minimum atomic E-state index is -0.269. The van der Waals surface area contributed by atoms with Crippen molar-refractivity contribution in [2.45, 2.75) is 45.1 Å². The standard InChI is InChI=1S/C18H24OS/c1-3-14(2)18(15-8-5-4-6-9-15)17(19)12-11-16-10-7-13-20-16/h4-10,13-14,17-19H,3,11-12H2,1-2H3. The first-order valence-electron chi connectivity index (χ1n) is 7.47. The molecule has 20 heavy (non-hydrogen) atoms. The van der Waals surface area contributed by atoms with E-state index in [1.807, 2.05) is 6.07 Å². The van der Waals surface area contributed by atoms with Crippen LogP contribution in [0.5, 0.6) is 0 Å². The molecule has 2 rings (SSSR count). The summed E-state index contributed by atoms with van der Waals surface area (Å²) in [5.74, 6) is 0.733. The highest BCUT2D eigenvalue weighted by molar-refractivity contribution is 7.09. The largest absolute Gasteiger partial charge is 0.392 e. The van der Waals surface area contributed by atoms with Crippen LogP contribution in [0.3, 0.4) is 0 Å². The van der Waals surface area contributed by atoms with Crippen molar-refractivity contribution >= 4 is 11.3 Å². The molecular formula is C18H24OS. The molecule has 2 heteroatoms. The lowest BCUT2D eigenvalue weighted by Crippen LogP contribution is -2.25. The quantitative estimate of drug-likeness (QED) is 0.770. The zero-order valence-electron chi connectivity index (χ0n) is 12.3. The molecule has 0 radical (unpaired) electrons. The SMILES string of the molecule is CCC(C)C(c1ccccc1)C(O)CCc1cccs1. The third-order valence-corrected chi connectivity index (χ3v) is 5.06. The van der Waals surface area contributed by atoms with Crippen LogP contribution in [-0.4, -0.2) is 11.2 Å². The lowest BCUT2D eigenvalue weighted by atomic mass is 9.80. The molecule has 108 valence electrons. The van der Waals surface area contributed by atoms with Gasteiger partial charge in [-0.1, -0.05) is 56.7 Å². The van der Waals surface area contributed by atoms with Crippen molar-refractivity contribution in [1.29, 1.82) is 0 Å². The molecule has 0 saturated carbocycles. The minimum absolute atomic E-state index is 0.237. The maximum absolute atomic E-state index is 10.7. The van der Waals surface area contributed by atoms with Gasteiger partial charge in [-0.25, -0.2) is 0 Å². The van der Waals surface area contributed by atoms with E-state index in [1.165, 1.54) is 10.4 Å². The van der Waals surface area contributed by atoms with E-state index in [0.717, 1.165) is 19.3 Å². The summed E-state index contributed by atoms with van der Waals surface area (Å²) in [6, 6.07) is 14.7. The first kappa shape index (κ1) is 15.3. The summed E-state index contributed by atoms with van der Waals surface area (Å²) >= 11 is 1.78. The van der Waals surface area contributed by atoms with Crippen LogP contribution in [0.1, 0.15) is 43.0 Å². The van der Waals surface area contributed by atoms with Crippen molar-refractivity contribution in [1.82, 2.24) is 0 Å². The molecule has 1 heterocycles. The number of aryl methyl sites for hydroxylation is 1. The monoisotopic (exact) mass is 288 g/mol. The lowest BCUT2D eigenvalue weighted by molar-refractivity contribution is 0.109. The molecule has 3 atom stereocenters. The van der Waals surface area contributed by atoms with E-state index in [-0.39, 0.29) is 12.0 Å². The van der Waals surface area contributed by atoms with E-state index >= 15 is 0 Å². The van der Waals surface area contributed by atoms with Crippen LogP contribution in [0.15, 0.2) is 47.8 Å². The van der Waals surface area contributed by atoms with E-state index in [0.29, 0.717) is 5.92 Å². The second kappa shape index (κ2) is 7.61. The van der Waals surface area contributed by atoms with E-state index in [4.69, 9.17) is 0 Å². The summed E-state index contributed by atoms with van der Waals surface area (Å²) in [5.41, 5.74) is 1.26. The smallest absolute Gasteiger partial charge is 0.0614 e. The lowest BCUT2D eigenvalue weighted by Gasteiger charge is -2.28. The maximum Gasteiger partial charge on any atom is 0.0614 e. The van der Waals surface area contributed by atoms with E-state index in [1.54, 1.807) is 11.3 Å². The second-order valence-corrected chi connectivity index (χ2v) is 6.54. The highest BCUT2D eigenvalue weighted by Crippen LogP contribution is 2.32. The fourth-order valence-electron chi connectivity index (χ4n) is 2.78. The van der Waals surface area contributed by atoms with Gasteiger partial charge < -0.3 is 5.11 Å². The van der Waals surface area contributed by atoms with Crippen LogP contribution in [0, 0.1) is 5.92 Å². The summed E-state index contributed by atoms with van der Waals surface area (Å²) in [6.07, 6.45) is 2.63. The predicted octanol–water partition coefficient (Wildman–Crippen LogP) is 4.87. The van der Waals surface area contributed by atoms with Crippen molar-refractivity contribution in [3.8, 4) is 0 Å². The molecule has 2 aromatic rings. The Kier molecular flexibility index (Phi) is 5.81. The van der Waals surface area contributed by atoms with Crippen LogP contribution in [-0.2, 0) is 6.42 Å². The number of hydrogen-bond acceptors (Lipinski definition) is 2. The van der Waals surface area contributed by atoms with Crippen molar-refractivity contribution in [3.05, 3.63) is 58.3 Å². The average molecular weight is 288 g/mol. The Bertz CT molecular complexity index is 477. The molecule has 0 fully saturated rings. The molecule has 1 aromatic carbocycles. The number of aliphatic hydroxyl groups is 1. The Balaban J connectivity index is 2.06. The highest BCUT2D eigenvalue weighted by atomic mass is 32.1. The Morgan fingerprint density at radius 2 is 1.85 bits per heavy atom. The van der Waals surface area contributed by atoms with Crippen LogP contribution in [0.4, 0.5) is 0 Å². The zero-order valence-corrected chi connectivity index (χ0v) is 13.1. The third-order valence-electron chi connectivity index (χ3n) is 4.12. The first-order chi connectivity index (χ1) is 9.72. The summed E-state index contributed by atoms with van der Waals surface area (Å²) in [4.78, 5) is 1.36. The summed E-state index contributed by atoms with van der Waals surface area (Å²) in [5, 5.41) is 12.8. The van der Waals surface area contributed by atoms with Crippen molar-refractivity contribution in [3.63, 3.8) is 0 Å². The predicted molar refractivity (Wildman–Crippen MR) is 87.3 cm³/mol. The van der Waals surface area contributed by atoms with Gasteiger partial charge in [-0.2, -0.15) is 0 Å². The maximum atomic E-state index is 10.7. The number of thiophene rings is 1. The molecule has 0 aliphatic rings. The van der Waals surface area contributed by atoms with Gasteiger partial charge in [-0.3, -0.25) is 0 Å². The van der Waals surface area contributed by atoms with Gasteiger partial charge in [-0.05, 0) is 35.8 Å². The molecular weight excluding hydrogens is 264 g/mol. The van der Waals surface area contributed by atoms with E-state index in [2.05, 4.69) is 55.6 Å². The molecule has 0 bridgehead atoms. The minimum Gasteiger partial charge on any atom is -0.392 e. The van der Waals surface area contributed by atoms with Gasteiger partial charge in [0.1, 0.15) is 0 Å². The number of benzene rings is 1. The number of aliphatic hydroxyl groups excluding tert-OH is 1. The van der Waals surface area contributed by atoms with Crippen molar-refractivity contribution < 1.29 is 5.11 Å².